The van der Waals surface area contributed by atoms with Crippen molar-refractivity contribution in [3.63, 3.8) is 0 Å². The van der Waals surface area contributed by atoms with Crippen molar-refractivity contribution in [3.8, 4) is 5.88 Å². The molecule has 1 rings (SSSR count). The van der Waals surface area contributed by atoms with Crippen molar-refractivity contribution in [1.29, 1.82) is 0 Å². The van der Waals surface area contributed by atoms with Crippen molar-refractivity contribution in [2.75, 3.05) is 19.1 Å². The minimum Gasteiger partial charge on any atom is -0.477 e. The van der Waals surface area contributed by atoms with Gasteiger partial charge in [-0.05, 0) is 20.3 Å². The van der Waals surface area contributed by atoms with Crippen molar-refractivity contribution < 1.29 is 9.47 Å². The molecule has 0 fully saturated rings. The zero-order valence-electron chi connectivity index (χ0n) is 12.2. The minimum absolute atomic E-state index is 0.200. The SMILES string of the molecule is CCCc1nc(NN)cc(OCCC(C)(C)OC)n1. The van der Waals surface area contributed by atoms with Crippen LogP contribution in [0.4, 0.5) is 5.82 Å². The third kappa shape index (κ3) is 5.40. The molecule has 0 saturated carbocycles. The number of anilines is 1. The molecule has 1 aromatic rings. The van der Waals surface area contributed by atoms with Crippen LogP contribution in [-0.2, 0) is 11.2 Å². The number of methoxy groups -OCH3 is 1. The molecular formula is C13H24N4O2. The quantitative estimate of drug-likeness (QED) is 0.553. The maximum Gasteiger partial charge on any atom is 0.218 e. The van der Waals surface area contributed by atoms with Gasteiger partial charge in [0.2, 0.25) is 5.88 Å². The first-order valence-electron chi connectivity index (χ1n) is 6.53. The second-order valence-corrected chi connectivity index (χ2v) is 4.96. The van der Waals surface area contributed by atoms with Gasteiger partial charge < -0.3 is 14.9 Å². The lowest BCUT2D eigenvalue weighted by molar-refractivity contribution is 0.00507. The molecule has 3 N–H and O–H groups in total. The number of rotatable bonds is 8. The molecule has 0 amide bonds. The zero-order valence-corrected chi connectivity index (χ0v) is 12.2. The molecule has 0 aliphatic heterocycles. The Kier molecular flexibility index (Phi) is 5.98. The van der Waals surface area contributed by atoms with Crippen LogP contribution in [0, 0.1) is 0 Å². The molecule has 19 heavy (non-hydrogen) atoms. The molecule has 108 valence electrons. The summed E-state index contributed by atoms with van der Waals surface area (Å²) in [5.41, 5.74) is 2.33. The van der Waals surface area contributed by atoms with E-state index in [0.29, 0.717) is 18.3 Å². The zero-order chi connectivity index (χ0) is 14.3. The van der Waals surface area contributed by atoms with E-state index in [1.165, 1.54) is 0 Å². The molecule has 0 unspecified atom stereocenters. The highest BCUT2D eigenvalue weighted by atomic mass is 16.5. The number of hydrazine groups is 1. The Bertz CT molecular complexity index is 396. The van der Waals surface area contributed by atoms with E-state index in [9.17, 15) is 0 Å². The van der Waals surface area contributed by atoms with E-state index in [1.807, 2.05) is 13.8 Å². The smallest absolute Gasteiger partial charge is 0.218 e. The Morgan fingerprint density at radius 2 is 2.11 bits per heavy atom. The molecule has 0 saturated heterocycles. The van der Waals surface area contributed by atoms with Gasteiger partial charge in [0, 0.05) is 26.0 Å². The van der Waals surface area contributed by atoms with Gasteiger partial charge in [-0.15, -0.1) is 0 Å². The number of nitrogens with one attached hydrogen (secondary N) is 1. The summed E-state index contributed by atoms with van der Waals surface area (Å²) in [6, 6.07) is 1.69. The van der Waals surface area contributed by atoms with Crippen LogP contribution in [0.15, 0.2) is 6.07 Å². The molecule has 6 nitrogen and oxygen atoms in total. The number of hydrogen-bond donors (Lipinski definition) is 2. The number of nitrogens with two attached hydrogens (primary N) is 1. The third-order valence-corrected chi connectivity index (χ3v) is 2.88. The maximum atomic E-state index is 5.65. The normalized spacial score (nSPS) is 11.4. The first kappa shape index (κ1) is 15.7. The maximum absolute atomic E-state index is 5.65. The van der Waals surface area contributed by atoms with Crippen LogP contribution in [0.1, 0.15) is 39.4 Å². The molecule has 0 aromatic carbocycles. The van der Waals surface area contributed by atoms with Crippen LogP contribution in [0.2, 0.25) is 0 Å². The Morgan fingerprint density at radius 3 is 2.68 bits per heavy atom. The number of nitrogen functional groups attached to an aromatic ring is 1. The van der Waals surface area contributed by atoms with Crippen LogP contribution >= 0.6 is 0 Å². The minimum atomic E-state index is -0.200. The van der Waals surface area contributed by atoms with E-state index in [2.05, 4.69) is 22.3 Å². The Morgan fingerprint density at radius 1 is 1.37 bits per heavy atom. The lowest BCUT2D eigenvalue weighted by atomic mass is 10.1. The van der Waals surface area contributed by atoms with Crippen molar-refractivity contribution in [1.82, 2.24) is 9.97 Å². The van der Waals surface area contributed by atoms with Crippen molar-refractivity contribution in [2.45, 2.75) is 45.6 Å². The van der Waals surface area contributed by atoms with Crippen LogP contribution < -0.4 is 16.0 Å². The number of aromatic nitrogens is 2. The lowest BCUT2D eigenvalue weighted by Crippen LogP contribution is -2.25. The molecule has 1 heterocycles. The second-order valence-electron chi connectivity index (χ2n) is 4.96. The molecule has 0 aliphatic rings. The van der Waals surface area contributed by atoms with Crippen molar-refractivity contribution >= 4 is 5.82 Å². The van der Waals surface area contributed by atoms with Gasteiger partial charge in [0.15, 0.2) is 0 Å². The number of aryl methyl sites for hydroxylation is 1. The van der Waals surface area contributed by atoms with E-state index in [0.717, 1.165) is 25.1 Å². The van der Waals surface area contributed by atoms with Crippen LogP contribution in [-0.4, -0.2) is 29.3 Å². The molecule has 0 bridgehead atoms. The largest absolute Gasteiger partial charge is 0.477 e. The summed E-state index contributed by atoms with van der Waals surface area (Å²) in [5.74, 6) is 7.23. The van der Waals surface area contributed by atoms with E-state index in [4.69, 9.17) is 15.3 Å². The molecule has 1 aromatic heterocycles. The monoisotopic (exact) mass is 268 g/mol. The van der Waals surface area contributed by atoms with Gasteiger partial charge in [0.05, 0.1) is 12.2 Å². The summed E-state index contributed by atoms with van der Waals surface area (Å²) >= 11 is 0. The average Bonchev–Trinajstić information content (AvgIpc) is 2.38. The van der Waals surface area contributed by atoms with Gasteiger partial charge in [-0.3, -0.25) is 0 Å². The average molecular weight is 268 g/mol. The first-order chi connectivity index (χ1) is 9.00. The second kappa shape index (κ2) is 7.25. The highest BCUT2D eigenvalue weighted by Crippen LogP contribution is 2.17. The van der Waals surface area contributed by atoms with Gasteiger partial charge >= 0.3 is 0 Å². The van der Waals surface area contributed by atoms with Gasteiger partial charge in [0.25, 0.3) is 0 Å². The Balaban J connectivity index is 2.64. The topological polar surface area (TPSA) is 82.3 Å². The van der Waals surface area contributed by atoms with Gasteiger partial charge in [-0.1, -0.05) is 6.92 Å². The molecule has 6 heteroatoms. The lowest BCUT2D eigenvalue weighted by Gasteiger charge is -2.22. The standard InChI is InChI=1S/C13H24N4O2/c1-5-6-10-15-11(17-14)9-12(16-10)19-8-7-13(2,3)18-4/h9H,5-8,14H2,1-4H3,(H,15,16,17). The fraction of sp³-hybridized carbons (Fsp3) is 0.692. The fourth-order valence-corrected chi connectivity index (χ4v) is 1.46. The highest BCUT2D eigenvalue weighted by molar-refractivity contribution is 5.36. The molecular weight excluding hydrogens is 244 g/mol. The summed E-state index contributed by atoms with van der Waals surface area (Å²) in [6.07, 6.45) is 2.56. The van der Waals surface area contributed by atoms with E-state index in [1.54, 1.807) is 13.2 Å². The Hall–Kier alpha value is -1.40. The highest BCUT2D eigenvalue weighted by Gasteiger charge is 2.16. The van der Waals surface area contributed by atoms with Gasteiger partial charge in [-0.25, -0.2) is 10.8 Å². The van der Waals surface area contributed by atoms with Crippen molar-refractivity contribution in [3.05, 3.63) is 11.9 Å². The van der Waals surface area contributed by atoms with Gasteiger partial charge in [-0.2, -0.15) is 4.98 Å². The summed E-state index contributed by atoms with van der Waals surface area (Å²) in [7, 11) is 1.69. The predicted octanol–water partition coefficient (Wildman–Crippen LogP) is 1.91. The van der Waals surface area contributed by atoms with E-state index in [-0.39, 0.29) is 5.60 Å². The summed E-state index contributed by atoms with van der Waals surface area (Å²) < 4.78 is 11.0. The summed E-state index contributed by atoms with van der Waals surface area (Å²) in [4.78, 5) is 8.61. The fourth-order valence-electron chi connectivity index (χ4n) is 1.46. The predicted molar refractivity (Wildman–Crippen MR) is 75.0 cm³/mol. The molecule has 0 atom stereocenters. The third-order valence-electron chi connectivity index (χ3n) is 2.88. The molecule has 0 spiro atoms. The van der Waals surface area contributed by atoms with E-state index >= 15 is 0 Å². The van der Waals surface area contributed by atoms with Crippen LogP contribution in [0.3, 0.4) is 0 Å². The number of ether oxygens (including phenoxy) is 2. The Labute approximate surface area is 114 Å². The van der Waals surface area contributed by atoms with Gasteiger partial charge in [0.1, 0.15) is 11.6 Å². The summed E-state index contributed by atoms with van der Waals surface area (Å²) in [5, 5.41) is 0. The first-order valence-corrected chi connectivity index (χ1v) is 6.53. The van der Waals surface area contributed by atoms with E-state index < -0.39 is 0 Å². The number of nitrogens with zero attached hydrogens (tertiary/aromatic N) is 2. The van der Waals surface area contributed by atoms with Crippen LogP contribution in [0.5, 0.6) is 5.88 Å². The summed E-state index contributed by atoms with van der Waals surface area (Å²) in [6.45, 7) is 6.65. The number of hydrogen-bond acceptors (Lipinski definition) is 6. The van der Waals surface area contributed by atoms with Crippen LogP contribution in [0.25, 0.3) is 0 Å². The molecule has 0 radical (unpaired) electrons. The molecule has 0 aliphatic carbocycles. The van der Waals surface area contributed by atoms with Crippen molar-refractivity contribution in [2.24, 2.45) is 5.84 Å².